The minimum atomic E-state index is -0.0113. The Hall–Kier alpha value is -2.27. The zero-order valence-corrected chi connectivity index (χ0v) is 17.9. The summed E-state index contributed by atoms with van der Waals surface area (Å²) in [6.07, 6.45) is 3.59. The topological polar surface area (TPSA) is 49.4 Å². The van der Waals surface area contributed by atoms with Gasteiger partial charge in [-0.05, 0) is 87.1 Å². The zero-order chi connectivity index (χ0) is 20.4. The third kappa shape index (κ3) is 5.02. The molecule has 0 radical (unpaired) electrons. The average Bonchev–Trinajstić information content (AvgIpc) is 3.57. The van der Waals surface area contributed by atoms with Gasteiger partial charge in [0, 0.05) is 40.4 Å². The van der Waals surface area contributed by atoms with Gasteiger partial charge >= 0.3 is 0 Å². The van der Waals surface area contributed by atoms with Crippen LogP contribution in [0.5, 0.6) is 0 Å². The molecule has 5 heteroatoms. The molecule has 2 fully saturated rings. The number of aryl methyl sites for hydroxylation is 2. The maximum atomic E-state index is 12.6. The lowest BCUT2D eigenvalue weighted by Crippen LogP contribution is -2.42. The molecule has 1 saturated heterocycles. The largest absolute Gasteiger partial charge is 0.342 e. The molecule has 0 unspecified atom stereocenters. The quantitative estimate of drug-likeness (QED) is 0.754. The number of hydrogen-bond acceptors (Lipinski definition) is 3. The summed E-state index contributed by atoms with van der Waals surface area (Å²) in [4.78, 5) is 29.1. The van der Waals surface area contributed by atoms with E-state index < -0.39 is 0 Å². The van der Waals surface area contributed by atoms with Gasteiger partial charge in [-0.2, -0.15) is 0 Å². The number of benzene rings is 2. The standard InChI is InChI=1S/C24H28N2O2S/c1-16-3-8-22(15-17(16)2)29-21-9-6-20(7-10-21)25-23(27)18-11-13-26(14-12-18)24(28)19-4-5-19/h3,6-10,15,18-19H,4-5,11-14H2,1-2H3,(H,25,27). The number of nitrogens with zero attached hydrogens (tertiary/aromatic N) is 1. The Kier molecular flexibility index (Phi) is 5.95. The van der Waals surface area contributed by atoms with E-state index in [-0.39, 0.29) is 17.7 Å². The van der Waals surface area contributed by atoms with E-state index in [2.05, 4.69) is 37.4 Å². The van der Waals surface area contributed by atoms with Crippen molar-refractivity contribution >= 4 is 29.3 Å². The molecule has 1 saturated carbocycles. The summed E-state index contributed by atoms with van der Waals surface area (Å²) >= 11 is 1.73. The lowest BCUT2D eigenvalue weighted by atomic mass is 9.95. The van der Waals surface area contributed by atoms with Gasteiger partial charge < -0.3 is 10.2 Å². The summed E-state index contributed by atoms with van der Waals surface area (Å²) in [6.45, 7) is 5.67. The lowest BCUT2D eigenvalue weighted by molar-refractivity contribution is -0.135. The van der Waals surface area contributed by atoms with Crippen LogP contribution in [-0.2, 0) is 9.59 Å². The Morgan fingerprint density at radius 3 is 2.14 bits per heavy atom. The fourth-order valence-corrected chi connectivity index (χ4v) is 4.63. The Morgan fingerprint density at radius 2 is 1.52 bits per heavy atom. The molecule has 152 valence electrons. The Morgan fingerprint density at radius 1 is 0.862 bits per heavy atom. The third-order valence-electron chi connectivity index (χ3n) is 5.94. The number of amides is 2. The lowest BCUT2D eigenvalue weighted by Gasteiger charge is -2.31. The fraction of sp³-hybridized carbons (Fsp3) is 0.417. The van der Waals surface area contributed by atoms with Gasteiger partial charge in [0.2, 0.25) is 11.8 Å². The molecule has 1 heterocycles. The summed E-state index contributed by atoms with van der Waals surface area (Å²) in [5.74, 6) is 0.613. The number of nitrogens with one attached hydrogen (secondary N) is 1. The molecule has 4 nitrogen and oxygen atoms in total. The molecule has 4 rings (SSSR count). The summed E-state index contributed by atoms with van der Waals surface area (Å²) in [7, 11) is 0. The van der Waals surface area contributed by atoms with Crippen LogP contribution in [0.3, 0.4) is 0 Å². The van der Waals surface area contributed by atoms with Gasteiger partial charge in [-0.15, -0.1) is 0 Å². The first-order valence-electron chi connectivity index (χ1n) is 10.4. The minimum Gasteiger partial charge on any atom is -0.342 e. The highest BCUT2D eigenvalue weighted by molar-refractivity contribution is 7.99. The van der Waals surface area contributed by atoms with Gasteiger partial charge in [-0.25, -0.2) is 0 Å². The number of likely N-dealkylation sites (tertiary alicyclic amines) is 1. The number of carbonyl (C=O) groups excluding carboxylic acids is 2. The summed E-state index contributed by atoms with van der Waals surface area (Å²) in [6, 6.07) is 14.5. The number of piperidine rings is 1. The van der Waals surface area contributed by atoms with E-state index in [0.29, 0.717) is 19.0 Å². The summed E-state index contributed by atoms with van der Waals surface area (Å²) < 4.78 is 0. The molecule has 2 aliphatic rings. The molecule has 2 amide bonds. The van der Waals surface area contributed by atoms with Gasteiger partial charge in [0.25, 0.3) is 0 Å². The maximum absolute atomic E-state index is 12.6. The highest BCUT2D eigenvalue weighted by atomic mass is 32.2. The van der Waals surface area contributed by atoms with Gasteiger partial charge in [0.05, 0.1) is 0 Å². The van der Waals surface area contributed by atoms with Crippen LogP contribution in [0.25, 0.3) is 0 Å². The summed E-state index contributed by atoms with van der Waals surface area (Å²) in [5.41, 5.74) is 3.43. The molecule has 2 aromatic carbocycles. The minimum absolute atomic E-state index is 0.0113. The maximum Gasteiger partial charge on any atom is 0.227 e. The van der Waals surface area contributed by atoms with Crippen molar-refractivity contribution in [2.45, 2.75) is 49.3 Å². The molecule has 1 aliphatic carbocycles. The van der Waals surface area contributed by atoms with Crippen LogP contribution in [0, 0.1) is 25.7 Å². The van der Waals surface area contributed by atoms with Crippen molar-refractivity contribution in [1.82, 2.24) is 4.90 Å². The number of hydrogen-bond donors (Lipinski definition) is 1. The SMILES string of the molecule is Cc1ccc(Sc2ccc(NC(=O)C3CCN(C(=O)C4CC4)CC3)cc2)cc1C. The van der Waals surface area contributed by atoms with E-state index in [0.717, 1.165) is 36.3 Å². The van der Waals surface area contributed by atoms with Crippen LogP contribution in [0.4, 0.5) is 5.69 Å². The van der Waals surface area contributed by atoms with E-state index in [1.165, 1.54) is 16.0 Å². The van der Waals surface area contributed by atoms with E-state index in [9.17, 15) is 9.59 Å². The monoisotopic (exact) mass is 408 g/mol. The van der Waals surface area contributed by atoms with Crippen LogP contribution < -0.4 is 5.32 Å². The smallest absolute Gasteiger partial charge is 0.227 e. The molecule has 0 bridgehead atoms. The summed E-state index contributed by atoms with van der Waals surface area (Å²) in [5, 5.41) is 3.05. The normalized spacial score (nSPS) is 17.2. The van der Waals surface area contributed by atoms with Crippen molar-refractivity contribution in [2.75, 3.05) is 18.4 Å². The van der Waals surface area contributed by atoms with Crippen molar-refractivity contribution in [3.63, 3.8) is 0 Å². The average molecular weight is 409 g/mol. The van der Waals surface area contributed by atoms with Crippen LogP contribution >= 0.6 is 11.8 Å². The van der Waals surface area contributed by atoms with Crippen molar-refractivity contribution in [3.05, 3.63) is 53.6 Å². The zero-order valence-electron chi connectivity index (χ0n) is 17.1. The Balaban J connectivity index is 1.28. The number of rotatable bonds is 5. The Labute approximate surface area is 177 Å². The molecule has 1 N–H and O–H groups in total. The van der Waals surface area contributed by atoms with Gasteiger partial charge in [-0.3, -0.25) is 9.59 Å². The first kappa shape index (κ1) is 20.0. The number of anilines is 1. The third-order valence-corrected chi connectivity index (χ3v) is 6.94. The molecule has 0 atom stereocenters. The first-order chi connectivity index (χ1) is 14.0. The van der Waals surface area contributed by atoms with E-state index in [4.69, 9.17) is 0 Å². The van der Waals surface area contributed by atoms with E-state index in [1.807, 2.05) is 29.2 Å². The first-order valence-corrected chi connectivity index (χ1v) is 11.3. The molecule has 0 aromatic heterocycles. The second-order valence-corrected chi connectivity index (χ2v) is 9.38. The molecular formula is C24H28N2O2S. The highest BCUT2D eigenvalue weighted by Crippen LogP contribution is 2.33. The molecule has 1 aliphatic heterocycles. The molecule has 2 aromatic rings. The Bertz CT molecular complexity index is 898. The second kappa shape index (κ2) is 8.62. The predicted molar refractivity (Wildman–Crippen MR) is 117 cm³/mol. The van der Waals surface area contributed by atoms with Crippen LogP contribution in [0.2, 0.25) is 0 Å². The van der Waals surface area contributed by atoms with Crippen LogP contribution in [0.1, 0.15) is 36.8 Å². The fourth-order valence-electron chi connectivity index (χ4n) is 3.71. The van der Waals surface area contributed by atoms with Crippen LogP contribution in [0.15, 0.2) is 52.3 Å². The van der Waals surface area contributed by atoms with Crippen molar-refractivity contribution in [1.29, 1.82) is 0 Å². The second-order valence-electron chi connectivity index (χ2n) is 8.24. The molecule has 29 heavy (non-hydrogen) atoms. The van der Waals surface area contributed by atoms with E-state index in [1.54, 1.807) is 11.8 Å². The van der Waals surface area contributed by atoms with Crippen molar-refractivity contribution in [2.24, 2.45) is 11.8 Å². The highest BCUT2D eigenvalue weighted by Gasteiger charge is 2.35. The van der Waals surface area contributed by atoms with Crippen LogP contribution in [-0.4, -0.2) is 29.8 Å². The van der Waals surface area contributed by atoms with Crippen molar-refractivity contribution in [3.8, 4) is 0 Å². The number of carbonyl (C=O) groups is 2. The predicted octanol–water partition coefficient (Wildman–Crippen LogP) is 5.04. The van der Waals surface area contributed by atoms with Gasteiger partial charge in [0.1, 0.15) is 0 Å². The molecular weight excluding hydrogens is 380 g/mol. The molecule has 0 spiro atoms. The van der Waals surface area contributed by atoms with Gasteiger partial charge in [0.15, 0.2) is 0 Å². The van der Waals surface area contributed by atoms with Gasteiger partial charge in [-0.1, -0.05) is 17.8 Å². The van der Waals surface area contributed by atoms with Crippen molar-refractivity contribution < 1.29 is 9.59 Å². The van der Waals surface area contributed by atoms with E-state index >= 15 is 0 Å².